The highest BCUT2D eigenvalue weighted by atomic mass is 14.9. The zero-order valence-electron chi connectivity index (χ0n) is 9.56. The molecule has 82 valence electrons. The van der Waals surface area contributed by atoms with Gasteiger partial charge < -0.3 is 5.32 Å². The summed E-state index contributed by atoms with van der Waals surface area (Å²) in [5.41, 5.74) is 2.71. The van der Waals surface area contributed by atoms with Crippen LogP contribution in [-0.2, 0) is 6.42 Å². The van der Waals surface area contributed by atoms with Gasteiger partial charge >= 0.3 is 0 Å². The standard InChI is InChI=1S/C15H17N/c1-16-15(14-10-6-3-7-11-14)12-13-8-4-2-5-9-13/h2-11,15-16H,12H2,1H3/t15-/m0/s1. The van der Waals surface area contributed by atoms with E-state index in [0.29, 0.717) is 6.04 Å². The maximum Gasteiger partial charge on any atom is 0.0358 e. The fourth-order valence-corrected chi connectivity index (χ4v) is 1.92. The fourth-order valence-electron chi connectivity index (χ4n) is 1.92. The first kappa shape index (κ1) is 10.9. The molecule has 0 heterocycles. The molecule has 0 unspecified atom stereocenters. The molecule has 0 fully saturated rings. The maximum absolute atomic E-state index is 3.37. The van der Waals surface area contributed by atoms with E-state index in [1.54, 1.807) is 0 Å². The molecule has 0 amide bonds. The molecule has 0 bridgehead atoms. The molecule has 1 nitrogen and oxygen atoms in total. The summed E-state index contributed by atoms with van der Waals surface area (Å²) < 4.78 is 0. The summed E-state index contributed by atoms with van der Waals surface area (Å²) in [4.78, 5) is 0. The van der Waals surface area contributed by atoms with Crippen LogP contribution in [0, 0.1) is 0 Å². The molecule has 0 radical (unpaired) electrons. The van der Waals surface area contributed by atoms with Crippen LogP contribution in [0.2, 0.25) is 0 Å². The van der Waals surface area contributed by atoms with Crippen molar-refractivity contribution in [3.05, 3.63) is 71.8 Å². The Balaban J connectivity index is 2.13. The number of benzene rings is 2. The van der Waals surface area contributed by atoms with Gasteiger partial charge in [-0.25, -0.2) is 0 Å². The molecule has 0 saturated carbocycles. The van der Waals surface area contributed by atoms with Crippen molar-refractivity contribution in [1.82, 2.24) is 5.32 Å². The van der Waals surface area contributed by atoms with Crippen molar-refractivity contribution in [3.8, 4) is 0 Å². The first-order valence-electron chi connectivity index (χ1n) is 5.66. The predicted octanol–water partition coefficient (Wildman–Crippen LogP) is 3.19. The largest absolute Gasteiger partial charge is 0.313 e. The third kappa shape index (κ3) is 2.71. The zero-order chi connectivity index (χ0) is 11.2. The van der Waals surface area contributed by atoms with Crippen LogP contribution in [0.4, 0.5) is 0 Å². The van der Waals surface area contributed by atoms with E-state index in [-0.39, 0.29) is 0 Å². The molecule has 0 aliphatic rings. The summed E-state index contributed by atoms with van der Waals surface area (Å²) >= 11 is 0. The van der Waals surface area contributed by atoms with Crippen LogP contribution in [0.1, 0.15) is 17.2 Å². The van der Waals surface area contributed by atoms with Gasteiger partial charge in [0.05, 0.1) is 0 Å². The van der Waals surface area contributed by atoms with E-state index in [4.69, 9.17) is 0 Å². The third-order valence-corrected chi connectivity index (χ3v) is 2.83. The molecule has 1 heteroatoms. The Hall–Kier alpha value is -1.60. The van der Waals surface area contributed by atoms with Crippen LogP contribution in [0.5, 0.6) is 0 Å². The molecule has 0 aliphatic carbocycles. The minimum Gasteiger partial charge on any atom is -0.313 e. The second-order valence-electron chi connectivity index (χ2n) is 3.94. The normalized spacial score (nSPS) is 12.3. The molecular formula is C15H17N. The van der Waals surface area contributed by atoms with Crippen LogP contribution in [-0.4, -0.2) is 7.05 Å². The Morgan fingerprint density at radius 2 is 1.44 bits per heavy atom. The van der Waals surface area contributed by atoms with Gasteiger partial charge in [0, 0.05) is 6.04 Å². The highest BCUT2D eigenvalue weighted by Crippen LogP contribution is 2.17. The fraction of sp³-hybridized carbons (Fsp3) is 0.200. The van der Waals surface area contributed by atoms with E-state index in [1.165, 1.54) is 11.1 Å². The molecular weight excluding hydrogens is 194 g/mol. The van der Waals surface area contributed by atoms with E-state index < -0.39 is 0 Å². The SMILES string of the molecule is CN[C@@H](Cc1ccccc1)c1ccccc1. The maximum atomic E-state index is 3.37. The third-order valence-electron chi connectivity index (χ3n) is 2.83. The number of rotatable bonds is 4. The van der Waals surface area contributed by atoms with Gasteiger partial charge in [0.25, 0.3) is 0 Å². The lowest BCUT2D eigenvalue weighted by atomic mass is 9.99. The van der Waals surface area contributed by atoms with E-state index >= 15 is 0 Å². The number of nitrogens with one attached hydrogen (secondary N) is 1. The molecule has 0 saturated heterocycles. The lowest BCUT2D eigenvalue weighted by molar-refractivity contribution is 0.592. The van der Waals surface area contributed by atoms with E-state index in [0.717, 1.165) is 6.42 Å². The Morgan fingerprint density at radius 1 is 0.875 bits per heavy atom. The zero-order valence-corrected chi connectivity index (χ0v) is 9.56. The molecule has 0 spiro atoms. The van der Waals surface area contributed by atoms with Gasteiger partial charge in [-0.05, 0) is 24.6 Å². The lowest BCUT2D eigenvalue weighted by Crippen LogP contribution is -2.18. The molecule has 1 N–H and O–H groups in total. The van der Waals surface area contributed by atoms with Crippen LogP contribution in [0.15, 0.2) is 60.7 Å². The Morgan fingerprint density at radius 3 is 2.00 bits per heavy atom. The quantitative estimate of drug-likeness (QED) is 0.819. The monoisotopic (exact) mass is 211 g/mol. The van der Waals surface area contributed by atoms with Crippen LogP contribution in [0.25, 0.3) is 0 Å². The summed E-state index contributed by atoms with van der Waals surface area (Å²) in [6.45, 7) is 0. The molecule has 2 rings (SSSR count). The number of hydrogen-bond acceptors (Lipinski definition) is 1. The molecule has 16 heavy (non-hydrogen) atoms. The summed E-state index contributed by atoms with van der Waals surface area (Å²) in [6.07, 6.45) is 1.03. The Kier molecular flexibility index (Phi) is 3.73. The van der Waals surface area contributed by atoms with E-state index in [1.807, 2.05) is 7.05 Å². The predicted molar refractivity (Wildman–Crippen MR) is 68.4 cm³/mol. The molecule has 2 aromatic carbocycles. The molecule has 0 aliphatic heterocycles. The van der Waals surface area contributed by atoms with Gasteiger partial charge in [0.2, 0.25) is 0 Å². The highest BCUT2D eigenvalue weighted by Gasteiger charge is 2.08. The Bertz CT molecular complexity index is 408. The van der Waals surface area contributed by atoms with Crippen molar-refractivity contribution in [2.75, 3.05) is 7.05 Å². The minimum absolute atomic E-state index is 0.392. The van der Waals surface area contributed by atoms with Crippen molar-refractivity contribution >= 4 is 0 Å². The minimum atomic E-state index is 0.392. The molecule has 1 atom stereocenters. The summed E-state index contributed by atoms with van der Waals surface area (Å²) in [5.74, 6) is 0. The second kappa shape index (κ2) is 5.47. The van der Waals surface area contributed by atoms with Gasteiger partial charge in [0.1, 0.15) is 0 Å². The van der Waals surface area contributed by atoms with Crippen molar-refractivity contribution in [1.29, 1.82) is 0 Å². The first-order valence-corrected chi connectivity index (χ1v) is 5.66. The molecule has 0 aromatic heterocycles. The Labute approximate surface area is 97.1 Å². The van der Waals surface area contributed by atoms with E-state index in [2.05, 4.69) is 66.0 Å². The van der Waals surface area contributed by atoms with E-state index in [9.17, 15) is 0 Å². The smallest absolute Gasteiger partial charge is 0.0358 e. The summed E-state index contributed by atoms with van der Waals surface area (Å²) in [7, 11) is 2.01. The van der Waals surface area contributed by atoms with Gasteiger partial charge in [-0.3, -0.25) is 0 Å². The topological polar surface area (TPSA) is 12.0 Å². The van der Waals surface area contributed by atoms with Crippen molar-refractivity contribution in [3.63, 3.8) is 0 Å². The highest BCUT2D eigenvalue weighted by molar-refractivity contribution is 5.23. The number of likely N-dealkylation sites (N-methyl/N-ethyl adjacent to an activating group) is 1. The molecule has 2 aromatic rings. The van der Waals surface area contributed by atoms with Gasteiger partial charge in [-0.15, -0.1) is 0 Å². The second-order valence-corrected chi connectivity index (χ2v) is 3.94. The van der Waals surface area contributed by atoms with Crippen molar-refractivity contribution < 1.29 is 0 Å². The lowest BCUT2D eigenvalue weighted by Gasteiger charge is -2.16. The average molecular weight is 211 g/mol. The van der Waals surface area contributed by atoms with Gasteiger partial charge in [-0.2, -0.15) is 0 Å². The average Bonchev–Trinajstić information content (AvgIpc) is 2.38. The van der Waals surface area contributed by atoms with Gasteiger partial charge in [0.15, 0.2) is 0 Å². The van der Waals surface area contributed by atoms with Crippen molar-refractivity contribution in [2.24, 2.45) is 0 Å². The first-order chi connectivity index (χ1) is 7.90. The van der Waals surface area contributed by atoms with Crippen LogP contribution < -0.4 is 5.32 Å². The van der Waals surface area contributed by atoms with Crippen LogP contribution >= 0.6 is 0 Å². The van der Waals surface area contributed by atoms with Crippen molar-refractivity contribution in [2.45, 2.75) is 12.5 Å². The van der Waals surface area contributed by atoms with Crippen LogP contribution in [0.3, 0.4) is 0 Å². The number of hydrogen-bond donors (Lipinski definition) is 1. The van der Waals surface area contributed by atoms with Gasteiger partial charge in [-0.1, -0.05) is 60.7 Å². The summed E-state index contributed by atoms with van der Waals surface area (Å²) in [6, 6.07) is 21.5. The summed E-state index contributed by atoms with van der Waals surface area (Å²) in [5, 5.41) is 3.37.